The Morgan fingerprint density at radius 2 is 1.70 bits per heavy atom. The monoisotopic (exact) mass is 460 g/mol. The molecular formula is C22H24N2O9. The zero-order valence-electron chi connectivity index (χ0n) is 18.0. The number of hydrogen-bond donors (Lipinski definition) is 7. The molecule has 1 aromatic carbocycles. The Kier molecular flexibility index (Phi) is 4.78. The van der Waals surface area contributed by atoms with Crippen LogP contribution in [-0.2, 0) is 20.0 Å². The highest BCUT2D eigenvalue weighted by Gasteiger charge is 2.70. The zero-order valence-corrected chi connectivity index (χ0v) is 18.0. The van der Waals surface area contributed by atoms with Crippen molar-refractivity contribution in [3.63, 3.8) is 0 Å². The third-order valence-electron chi connectivity index (χ3n) is 7.03. The minimum Gasteiger partial charge on any atom is -0.510 e. The molecule has 0 spiro atoms. The molecule has 0 heterocycles. The number of aliphatic hydroxyl groups is 5. The molecule has 1 amide bonds. The number of carbonyl (C=O) groups excluding carboxylic acids is 3. The van der Waals surface area contributed by atoms with Crippen molar-refractivity contribution < 1.29 is 45.0 Å². The van der Waals surface area contributed by atoms with E-state index in [4.69, 9.17) is 5.73 Å². The summed E-state index contributed by atoms with van der Waals surface area (Å²) in [5, 5.41) is 66.2. The SMILES string of the molecule is CN(C)C1C(O)=C(C(N)=O)C(=O)[C@@]2(O)C(=O)C3=C(O)c4c(O)cccc4[C@@](C)(O)[C@H]3[C@H](O)[C@@H]12. The number of benzene rings is 1. The predicted octanol–water partition coefficient (Wildman–Crippen LogP) is -1.40. The molecule has 0 saturated heterocycles. The maximum absolute atomic E-state index is 13.7. The van der Waals surface area contributed by atoms with E-state index in [-0.39, 0.29) is 11.1 Å². The first kappa shape index (κ1) is 22.9. The second-order valence-corrected chi connectivity index (χ2v) is 9.06. The number of ketones is 2. The normalized spacial score (nSPS) is 36.0. The number of phenols is 1. The number of nitrogens with zero attached hydrogens (tertiary/aromatic N) is 1. The van der Waals surface area contributed by atoms with Crippen LogP contribution in [0.15, 0.2) is 35.1 Å². The van der Waals surface area contributed by atoms with Crippen LogP contribution in [0.25, 0.3) is 5.76 Å². The maximum Gasteiger partial charge on any atom is 0.255 e. The molecule has 33 heavy (non-hydrogen) atoms. The molecule has 3 aliphatic rings. The lowest BCUT2D eigenvalue weighted by molar-refractivity contribution is -0.185. The Morgan fingerprint density at radius 1 is 1.09 bits per heavy atom. The summed E-state index contributed by atoms with van der Waals surface area (Å²) < 4.78 is 0. The van der Waals surface area contributed by atoms with Crippen molar-refractivity contribution in [2.75, 3.05) is 14.1 Å². The fourth-order valence-corrected chi connectivity index (χ4v) is 5.60. The van der Waals surface area contributed by atoms with Gasteiger partial charge in [0.1, 0.15) is 22.8 Å². The molecule has 0 bridgehead atoms. The summed E-state index contributed by atoms with van der Waals surface area (Å²) in [6.45, 7) is 1.25. The number of Topliss-reactive ketones (excluding diaryl/α,β-unsaturated/α-hetero) is 2. The van der Waals surface area contributed by atoms with Gasteiger partial charge in [0.15, 0.2) is 5.60 Å². The fraction of sp³-hybridized carbons (Fsp3) is 0.409. The van der Waals surface area contributed by atoms with E-state index in [1.807, 2.05) is 0 Å². The Hall–Kier alpha value is -3.25. The van der Waals surface area contributed by atoms with Crippen LogP contribution in [0.2, 0.25) is 0 Å². The van der Waals surface area contributed by atoms with Gasteiger partial charge in [-0.1, -0.05) is 12.1 Å². The van der Waals surface area contributed by atoms with E-state index >= 15 is 0 Å². The molecule has 8 N–H and O–H groups in total. The van der Waals surface area contributed by atoms with E-state index in [9.17, 15) is 45.0 Å². The van der Waals surface area contributed by atoms with Gasteiger partial charge in [0, 0.05) is 0 Å². The van der Waals surface area contributed by atoms with E-state index in [2.05, 4.69) is 0 Å². The number of hydrogen-bond acceptors (Lipinski definition) is 10. The number of aromatic hydroxyl groups is 1. The van der Waals surface area contributed by atoms with Crippen molar-refractivity contribution in [1.82, 2.24) is 4.90 Å². The summed E-state index contributed by atoms with van der Waals surface area (Å²) >= 11 is 0. The number of nitrogens with two attached hydrogens (primary N) is 1. The molecule has 1 saturated carbocycles. The molecule has 0 radical (unpaired) electrons. The molecule has 1 fully saturated rings. The second-order valence-electron chi connectivity index (χ2n) is 9.06. The van der Waals surface area contributed by atoms with E-state index in [0.717, 1.165) is 0 Å². The smallest absolute Gasteiger partial charge is 0.255 e. The van der Waals surface area contributed by atoms with Crippen LogP contribution in [0.3, 0.4) is 0 Å². The third kappa shape index (κ3) is 2.61. The molecule has 1 unspecified atom stereocenters. The van der Waals surface area contributed by atoms with E-state index in [1.54, 1.807) is 0 Å². The lowest BCUT2D eigenvalue weighted by Crippen LogP contribution is -2.72. The fourth-order valence-electron chi connectivity index (χ4n) is 5.60. The molecule has 176 valence electrons. The molecule has 1 aromatic rings. The van der Waals surface area contributed by atoms with Gasteiger partial charge >= 0.3 is 0 Å². The van der Waals surface area contributed by atoms with E-state index in [1.165, 1.54) is 44.1 Å². The molecule has 11 heteroatoms. The highest BCUT2D eigenvalue weighted by Crippen LogP contribution is 2.56. The van der Waals surface area contributed by atoms with Crippen LogP contribution in [-0.4, -0.2) is 84.9 Å². The minimum atomic E-state index is -3.09. The first-order valence-electron chi connectivity index (χ1n) is 10.1. The number of primary amides is 1. The van der Waals surface area contributed by atoms with E-state index in [0.29, 0.717) is 0 Å². The summed E-state index contributed by atoms with van der Waals surface area (Å²) in [7, 11) is 2.84. The first-order chi connectivity index (χ1) is 15.2. The highest BCUT2D eigenvalue weighted by molar-refractivity contribution is 6.33. The average Bonchev–Trinajstić information content (AvgIpc) is 2.70. The van der Waals surface area contributed by atoms with Gasteiger partial charge in [-0.3, -0.25) is 19.3 Å². The summed E-state index contributed by atoms with van der Waals surface area (Å²) in [4.78, 5) is 40.1. The number of amides is 1. The average molecular weight is 460 g/mol. The molecule has 3 aliphatic carbocycles. The van der Waals surface area contributed by atoms with Gasteiger partial charge in [0.25, 0.3) is 5.91 Å². The largest absolute Gasteiger partial charge is 0.510 e. The minimum absolute atomic E-state index is 0.00664. The van der Waals surface area contributed by atoms with Crippen LogP contribution < -0.4 is 5.73 Å². The van der Waals surface area contributed by atoms with Crippen molar-refractivity contribution >= 4 is 23.2 Å². The molecule has 4 rings (SSSR count). The molecule has 11 nitrogen and oxygen atoms in total. The Labute approximate surface area is 187 Å². The molecule has 0 aromatic heterocycles. The van der Waals surface area contributed by atoms with Crippen molar-refractivity contribution in [3.8, 4) is 5.75 Å². The van der Waals surface area contributed by atoms with E-state index < -0.39 is 81.1 Å². The van der Waals surface area contributed by atoms with Crippen LogP contribution in [0, 0.1) is 11.8 Å². The van der Waals surface area contributed by atoms with Gasteiger partial charge in [-0.2, -0.15) is 0 Å². The van der Waals surface area contributed by atoms with Gasteiger partial charge in [-0.15, -0.1) is 0 Å². The summed E-state index contributed by atoms with van der Waals surface area (Å²) in [5.41, 5.74) is -1.87. The van der Waals surface area contributed by atoms with Gasteiger partial charge in [0.2, 0.25) is 11.6 Å². The summed E-state index contributed by atoms with van der Waals surface area (Å²) in [5.74, 6) is -9.72. The lowest BCUT2D eigenvalue weighted by Gasteiger charge is -2.55. The number of carbonyl (C=O) groups is 3. The number of phenolic OH excluding ortho intramolecular Hbond substituents is 1. The third-order valence-corrected chi connectivity index (χ3v) is 7.03. The molecule has 6 atom stereocenters. The van der Waals surface area contributed by atoms with Crippen molar-refractivity contribution in [3.05, 3.63) is 46.2 Å². The van der Waals surface area contributed by atoms with Gasteiger partial charge in [-0.25, -0.2) is 0 Å². The van der Waals surface area contributed by atoms with Crippen molar-refractivity contribution in [2.45, 2.75) is 30.3 Å². The first-order valence-corrected chi connectivity index (χ1v) is 10.1. The zero-order chi connectivity index (χ0) is 24.8. The van der Waals surface area contributed by atoms with Gasteiger partial charge < -0.3 is 36.4 Å². The summed E-state index contributed by atoms with van der Waals surface area (Å²) in [6, 6.07) is 2.57. The van der Waals surface area contributed by atoms with Crippen LogP contribution in [0.5, 0.6) is 5.75 Å². The van der Waals surface area contributed by atoms with Crippen molar-refractivity contribution in [2.24, 2.45) is 17.6 Å². The quantitative estimate of drug-likeness (QED) is 0.203. The van der Waals surface area contributed by atoms with Crippen LogP contribution in [0.4, 0.5) is 0 Å². The molecule has 0 aliphatic heterocycles. The van der Waals surface area contributed by atoms with Gasteiger partial charge in [-0.05, 0) is 32.6 Å². The van der Waals surface area contributed by atoms with Gasteiger partial charge in [0.05, 0.1) is 40.7 Å². The maximum atomic E-state index is 13.7. The highest BCUT2D eigenvalue weighted by atomic mass is 16.3. The number of aliphatic hydroxyl groups excluding tert-OH is 3. The molecular weight excluding hydrogens is 436 g/mol. The number of rotatable bonds is 2. The lowest BCUT2D eigenvalue weighted by atomic mass is 9.53. The standard InChI is InChI=1S/C22H24N2O9/c1-21(32)7-5-4-6-8(25)9(7)15(26)10-12(21)17(28)13-14(24(2)3)16(27)11(20(23)31)19(30)22(13,33)18(10)29/h4-6,12-14,17,25-28,32-33H,1-3H3,(H2,23,31)/t12-,13-,14?,17+,21-,22+/m1/s1. The number of fused-ring (bicyclic) bond motifs is 3. The van der Waals surface area contributed by atoms with Crippen LogP contribution >= 0.6 is 0 Å². The predicted molar refractivity (Wildman–Crippen MR) is 112 cm³/mol. The van der Waals surface area contributed by atoms with Crippen molar-refractivity contribution in [1.29, 1.82) is 0 Å². The Morgan fingerprint density at radius 3 is 2.24 bits per heavy atom. The topological polar surface area (TPSA) is 202 Å². The number of likely N-dealkylation sites (N-methyl/N-ethyl adjacent to an activating group) is 1. The summed E-state index contributed by atoms with van der Waals surface area (Å²) in [6.07, 6.45) is -1.87. The van der Waals surface area contributed by atoms with Crippen LogP contribution in [0.1, 0.15) is 18.1 Å². The Bertz CT molecular complexity index is 1180. The Balaban J connectivity index is 2.09. The second kappa shape index (κ2) is 6.87.